The lowest BCUT2D eigenvalue weighted by Gasteiger charge is -2.30. The lowest BCUT2D eigenvalue weighted by molar-refractivity contribution is -0.140. The van der Waals surface area contributed by atoms with Crippen molar-refractivity contribution in [3.05, 3.63) is 34.6 Å². The largest absolute Gasteiger partial charge is 0.480 e. The molecule has 0 aliphatic carbocycles. The third kappa shape index (κ3) is 2.33. The van der Waals surface area contributed by atoms with Crippen molar-refractivity contribution in [2.45, 2.75) is 25.3 Å². The molecule has 1 aromatic carbocycles. The van der Waals surface area contributed by atoms with Gasteiger partial charge in [0.25, 0.3) is 0 Å². The van der Waals surface area contributed by atoms with E-state index in [1.165, 1.54) is 12.1 Å². The Labute approximate surface area is 98.0 Å². The zero-order valence-corrected chi connectivity index (χ0v) is 9.75. The average molecular weight is 246 g/mol. The number of rotatable bonds is 3. The number of carboxylic acids is 1. The number of nitrogens with two attached hydrogens (primary N) is 1. The van der Waals surface area contributed by atoms with Gasteiger partial charge < -0.3 is 10.8 Å². The second kappa shape index (κ2) is 4.39. The molecular weight excluding hydrogens is 233 g/mol. The van der Waals surface area contributed by atoms with Gasteiger partial charge in [0.05, 0.1) is 0 Å². The van der Waals surface area contributed by atoms with Gasteiger partial charge in [0.1, 0.15) is 11.9 Å². The second-order valence-corrected chi connectivity index (χ2v) is 4.57. The zero-order valence-electron chi connectivity index (χ0n) is 9.00. The van der Waals surface area contributed by atoms with E-state index in [1.54, 1.807) is 13.8 Å². The third-order valence-electron chi connectivity index (χ3n) is 2.67. The summed E-state index contributed by atoms with van der Waals surface area (Å²) in [6.45, 7) is 3.32. The topological polar surface area (TPSA) is 63.3 Å². The summed E-state index contributed by atoms with van der Waals surface area (Å²) in [5.41, 5.74) is 5.24. The van der Waals surface area contributed by atoms with Gasteiger partial charge in [0.2, 0.25) is 0 Å². The fraction of sp³-hybridized carbons (Fsp3) is 0.364. The first kappa shape index (κ1) is 12.9. The smallest absolute Gasteiger partial charge is 0.321 e. The Morgan fingerprint density at radius 1 is 1.56 bits per heavy atom. The van der Waals surface area contributed by atoms with E-state index in [4.69, 9.17) is 22.4 Å². The van der Waals surface area contributed by atoms with Crippen LogP contribution in [0.1, 0.15) is 19.4 Å². The number of hydrogen-bond donors (Lipinski definition) is 2. The van der Waals surface area contributed by atoms with Crippen LogP contribution in [0.5, 0.6) is 0 Å². The Morgan fingerprint density at radius 3 is 2.56 bits per heavy atom. The highest BCUT2D eigenvalue weighted by molar-refractivity contribution is 6.31. The molecule has 0 heterocycles. The van der Waals surface area contributed by atoms with Crippen LogP contribution in [-0.4, -0.2) is 17.1 Å². The third-order valence-corrected chi connectivity index (χ3v) is 2.98. The lowest BCUT2D eigenvalue weighted by atomic mass is 9.78. The summed E-state index contributed by atoms with van der Waals surface area (Å²) in [7, 11) is 0. The minimum atomic E-state index is -1.12. The maximum Gasteiger partial charge on any atom is 0.321 e. The molecule has 0 aromatic heterocycles. The van der Waals surface area contributed by atoms with Crippen molar-refractivity contribution < 1.29 is 14.3 Å². The van der Waals surface area contributed by atoms with Gasteiger partial charge in [-0.1, -0.05) is 31.5 Å². The van der Waals surface area contributed by atoms with E-state index in [0.717, 1.165) is 6.07 Å². The van der Waals surface area contributed by atoms with E-state index >= 15 is 0 Å². The van der Waals surface area contributed by atoms with Gasteiger partial charge >= 0.3 is 5.97 Å². The van der Waals surface area contributed by atoms with Gasteiger partial charge in [-0.15, -0.1) is 0 Å². The first-order valence-corrected chi connectivity index (χ1v) is 5.08. The summed E-state index contributed by atoms with van der Waals surface area (Å²) < 4.78 is 12.9. The highest BCUT2D eigenvalue weighted by Gasteiger charge is 2.35. The molecule has 0 radical (unpaired) electrons. The molecule has 16 heavy (non-hydrogen) atoms. The second-order valence-electron chi connectivity index (χ2n) is 4.16. The number of carbonyl (C=O) groups is 1. The standard InChI is InChI=1S/C11H13ClFNO2/c1-11(2,9(14)10(15)16)7-4-3-6(13)5-8(7)12/h3-5,9H,14H2,1-2H3,(H,15,16). The Balaban J connectivity index is 3.21. The van der Waals surface area contributed by atoms with Crippen LogP contribution >= 0.6 is 11.6 Å². The van der Waals surface area contributed by atoms with Crippen LogP contribution < -0.4 is 5.73 Å². The quantitative estimate of drug-likeness (QED) is 0.858. The monoisotopic (exact) mass is 245 g/mol. The lowest BCUT2D eigenvalue weighted by Crippen LogP contribution is -2.46. The molecule has 0 aliphatic heterocycles. The Hall–Kier alpha value is -1.13. The van der Waals surface area contributed by atoms with Gasteiger partial charge in [-0.2, -0.15) is 0 Å². The van der Waals surface area contributed by atoms with Gasteiger partial charge in [0, 0.05) is 10.4 Å². The molecule has 0 saturated heterocycles. The summed E-state index contributed by atoms with van der Waals surface area (Å²) in [5.74, 6) is -1.58. The van der Waals surface area contributed by atoms with Crippen LogP contribution in [0, 0.1) is 5.82 Å². The molecule has 1 atom stereocenters. The van der Waals surface area contributed by atoms with Gasteiger partial charge in [0.15, 0.2) is 0 Å². The number of halogens is 2. The molecule has 1 rings (SSSR count). The highest BCUT2D eigenvalue weighted by Crippen LogP contribution is 2.32. The Morgan fingerprint density at radius 2 is 2.12 bits per heavy atom. The molecule has 0 bridgehead atoms. The van der Waals surface area contributed by atoms with Crippen LogP contribution in [0.4, 0.5) is 4.39 Å². The predicted molar refractivity (Wildman–Crippen MR) is 60.0 cm³/mol. The molecule has 88 valence electrons. The van der Waals surface area contributed by atoms with E-state index in [2.05, 4.69) is 0 Å². The first-order valence-electron chi connectivity index (χ1n) is 4.70. The summed E-state index contributed by atoms with van der Waals surface area (Å²) in [6, 6.07) is 2.74. The van der Waals surface area contributed by atoms with Gasteiger partial charge in [-0.3, -0.25) is 4.79 Å². The van der Waals surface area contributed by atoms with E-state index < -0.39 is 23.2 Å². The fourth-order valence-electron chi connectivity index (χ4n) is 1.49. The van der Waals surface area contributed by atoms with Crippen molar-refractivity contribution in [2.24, 2.45) is 5.73 Å². The molecule has 1 aromatic rings. The fourth-order valence-corrected chi connectivity index (χ4v) is 1.90. The molecule has 0 aliphatic rings. The molecule has 0 fully saturated rings. The molecule has 0 spiro atoms. The van der Waals surface area contributed by atoms with Gasteiger partial charge in [-0.25, -0.2) is 4.39 Å². The minimum absolute atomic E-state index is 0.182. The molecule has 0 amide bonds. The number of aliphatic carboxylic acids is 1. The highest BCUT2D eigenvalue weighted by atomic mass is 35.5. The molecule has 5 heteroatoms. The van der Waals surface area contributed by atoms with Crippen LogP contribution in [0.15, 0.2) is 18.2 Å². The SMILES string of the molecule is CC(C)(c1ccc(F)cc1Cl)C(N)C(=O)O. The van der Waals surface area contributed by atoms with E-state index in [9.17, 15) is 9.18 Å². The van der Waals surface area contributed by atoms with E-state index in [1.807, 2.05) is 0 Å². The van der Waals surface area contributed by atoms with Crippen molar-refractivity contribution in [1.29, 1.82) is 0 Å². The van der Waals surface area contributed by atoms with Crippen molar-refractivity contribution in [2.75, 3.05) is 0 Å². The van der Waals surface area contributed by atoms with Crippen molar-refractivity contribution in [1.82, 2.24) is 0 Å². The summed E-state index contributed by atoms with van der Waals surface area (Å²) in [6.07, 6.45) is 0. The van der Waals surface area contributed by atoms with Crippen molar-refractivity contribution >= 4 is 17.6 Å². The van der Waals surface area contributed by atoms with Crippen LogP contribution in [0.25, 0.3) is 0 Å². The Bertz CT molecular complexity index is 420. The number of hydrogen-bond acceptors (Lipinski definition) is 2. The predicted octanol–water partition coefficient (Wildman–Crippen LogP) is 2.17. The van der Waals surface area contributed by atoms with Crippen LogP contribution in [-0.2, 0) is 10.2 Å². The molecule has 0 saturated carbocycles. The number of carboxylic acid groups (broad SMARTS) is 1. The van der Waals surface area contributed by atoms with Crippen LogP contribution in [0.3, 0.4) is 0 Å². The minimum Gasteiger partial charge on any atom is -0.480 e. The summed E-state index contributed by atoms with van der Waals surface area (Å²) in [4.78, 5) is 10.9. The van der Waals surface area contributed by atoms with E-state index in [0.29, 0.717) is 5.56 Å². The summed E-state index contributed by atoms with van der Waals surface area (Å²) >= 11 is 5.87. The molecule has 3 N–H and O–H groups in total. The van der Waals surface area contributed by atoms with E-state index in [-0.39, 0.29) is 5.02 Å². The average Bonchev–Trinajstić information content (AvgIpc) is 2.15. The van der Waals surface area contributed by atoms with Gasteiger partial charge in [-0.05, 0) is 17.7 Å². The van der Waals surface area contributed by atoms with Crippen molar-refractivity contribution in [3.63, 3.8) is 0 Å². The maximum atomic E-state index is 12.9. The van der Waals surface area contributed by atoms with Crippen LogP contribution in [0.2, 0.25) is 5.02 Å². The zero-order chi connectivity index (χ0) is 12.5. The molecular formula is C11H13ClFNO2. The normalized spacial score (nSPS) is 13.6. The van der Waals surface area contributed by atoms with Crippen molar-refractivity contribution in [3.8, 4) is 0 Å². The first-order chi connectivity index (χ1) is 7.26. The summed E-state index contributed by atoms with van der Waals surface area (Å²) in [5, 5.41) is 9.06. The molecule has 1 unspecified atom stereocenters. The number of benzene rings is 1. The maximum absolute atomic E-state index is 12.9. The molecule has 3 nitrogen and oxygen atoms in total. The Kier molecular flexibility index (Phi) is 3.55.